The summed E-state index contributed by atoms with van der Waals surface area (Å²) >= 11 is 0. The monoisotopic (exact) mass is 386 g/mol. The Morgan fingerprint density at radius 3 is 2.04 bits per heavy atom. The number of primary sulfonamides is 1. The second-order valence-corrected chi connectivity index (χ2v) is 8.42. The van der Waals surface area contributed by atoms with Gasteiger partial charge in [0, 0.05) is 11.8 Å². The van der Waals surface area contributed by atoms with E-state index < -0.39 is 20.0 Å². The molecular weight excluding hydrogens is 368 g/mol. The van der Waals surface area contributed by atoms with Gasteiger partial charge < -0.3 is 9.47 Å². The zero-order chi connectivity index (χ0) is 18.7. The minimum Gasteiger partial charge on any atom is -0.493 e. The molecule has 0 saturated heterocycles. The van der Waals surface area contributed by atoms with Crippen LogP contribution in [0.4, 0.5) is 5.69 Å². The summed E-state index contributed by atoms with van der Waals surface area (Å²) in [5, 5.41) is 4.97. The minimum atomic E-state index is -3.85. The van der Waals surface area contributed by atoms with Gasteiger partial charge in [0.1, 0.15) is 0 Å². The molecule has 0 radical (unpaired) electrons. The van der Waals surface area contributed by atoms with Crippen molar-refractivity contribution in [3.63, 3.8) is 0 Å². The van der Waals surface area contributed by atoms with Crippen molar-refractivity contribution >= 4 is 25.7 Å². The predicted octanol–water partition coefficient (Wildman–Crippen LogP) is 1.29. The van der Waals surface area contributed by atoms with E-state index in [0.29, 0.717) is 11.3 Å². The highest BCUT2D eigenvalue weighted by molar-refractivity contribution is 7.92. The Labute approximate surface area is 146 Å². The average molecular weight is 386 g/mol. The molecule has 0 saturated carbocycles. The van der Waals surface area contributed by atoms with Gasteiger partial charge in [-0.15, -0.1) is 0 Å². The molecule has 0 aliphatic heterocycles. The molecule has 0 aliphatic carbocycles. The number of hydrogen-bond acceptors (Lipinski definition) is 6. The van der Waals surface area contributed by atoms with Gasteiger partial charge >= 0.3 is 0 Å². The standard InChI is InChI=1S/C15H18N2O6S2/c1-22-14-8-7-13(9-15(14)23-2)25(20,21)17-12-5-3-11(4-6-12)10-24(16,18)19/h3-9,17H,10H2,1-2H3,(H2,16,18,19). The van der Waals surface area contributed by atoms with Crippen molar-refractivity contribution in [2.75, 3.05) is 18.9 Å². The fourth-order valence-electron chi connectivity index (χ4n) is 2.10. The third kappa shape index (κ3) is 5.08. The molecule has 10 heteroatoms. The van der Waals surface area contributed by atoms with Crippen molar-refractivity contribution in [3.8, 4) is 11.5 Å². The first kappa shape index (κ1) is 19.0. The number of rotatable bonds is 7. The van der Waals surface area contributed by atoms with Crippen molar-refractivity contribution in [1.82, 2.24) is 0 Å². The number of nitrogens with one attached hydrogen (secondary N) is 1. The predicted molar refractivity (Wildman–Crippen MR) is 93.6 cm³/mol. The van der Waals surface area contributed by atoms with Crippen molar-refractivity contribution in [3.05, 3.63) is 48.0 Å². The second-order valence-electron chi connectivity index (χ2n) is 5.13. The number of nitrogens with two attached hydrogens (primary N) is 1. The number of ether oxygens (including phenoxy) is 2. The van der Waals surface area contributed by atoms with Gasteiger partial charge in [-0.3, -0.25) is 4.72 Å². The molecule has 8 nitrogen and oxygen atoms in total. The van der Waals surface area contributed by atoms with Gasteiger partial charge in [0.15, 0.2) is 11.5 Å². The van der Waals surface area contributed by atoms with E-state index in [9.17, 15) is 16.8 Å². The van der Waals surface area contributed by atoms with Crippen LogP contribution in [0.1, 0.15) is 5.56 Å². The highest BCUT2D eigenvalue weighted by Crippen LogP contribution is 2.30. The van der Waals surface area contributed by atoms with Gasteiger partial charge in [0.2, 0.25) is 10.0 Å². The van der Waals surface area contributed by atoms with Gasteiger partial charge in [0.05, 0.1) is 24.9 Å². The molecule has 2 aromatic carbocycles. The molecule has 136 valence electrons. The van der Waals surface area contributed by atoms with Gasteiger partial charge in [0.25, 0.3) is 10.0 Å². The van der Waals surface area contributed by atoms with Crippen molar-refractivity contribution in [2.24, 2.45) is 5.14 Å². The summed E-state index contributed by atoms with van der Waals surface area (Å²) < 4.78 is 59.6. The van der Waals surface area contributed by atoms with Gasteiger partial charge in [-0.2, -0.15) is 0 Å². The normalized spacial score (nSPS) is 11.8. The van der Waals surface area contributed by atoms with E-state index in [4.69, 9.17) is 14.6 Å². The quantitative estimate of drug-likeness (QED) is 0.739. The van der Waals surface area contributed by atoms with E-state index in [-0.39, 0.29) is 22.1 Å². The van der Waals surface area contributed by atoms with Crippen LogP contribution in [0.5, 0.6) is 11.5 Å². The summed E-state index contributed by atoms with van der Waals surface area (Å²) in [6.45, 7) is 0. The van der Waals surface area contributed by atoms with Gasteiger partial charge in [-0.25, -0.2) is 22.0 Å². The Bertz CT molecular complexity index is 954. The molecule has 0 spiro atoms. The first-order valence-electron chi connectivity index (χ1n) is 6.99. The van der Waals surface area contributed by atoms with Crippen LogP contribution in [-0.4, -0.2) is 31.1 Å². The van der Waals surface area contributed by atoms with E-state index in [1.54, 1.807) is 0 Å². The molecule has 2 aromatic rings. The first-order chi connectivity index (χ1) is 11.6. The Kier molecular flexibility index (Phi) is 5.55. The van der Waals surface area contributed by atoms with E-state index in [2.05, 4.69) is 4.72 Å². The number of sulfonamides is 2. The largest absolute Gasteiger partial charge is 0.493 e. The number of benzene rings is 2. The SMILES string of the molecule is COc1ccc(S(=O)(=O)Nc2ccc(CS(N)(=O)=O)cc2)cc1OC. The first-order valence-corrected chi connectivity index (χ1v) is 10.2. The molecule has 0 heterocycles. The number of methoxy groups -OCH3 is 2. The molecule has 0 bridgehead atoms. The lowest BCUT2D eigenvalue weighted by atomic mass is 10.2. The third-order valence-electron chi connectivity index (χ3n) is 3.24. The molecule has 0 unspecified atom stereocenters. The van der Waals surface area contributed by atoms with Crippen molar-refractivity contribution in [2.45, 2.75) is 10.6 Å². The smallest absolute Gasteiger partial charge is 0.262 e. The van der Waals surface area contributed by atoms with E-state index in [1.165, 1.54) is 56.7 Å². The van der Waals surface area contributed by atoms with E-state index >= 15 is 0 Å². The number of hydrogen-bond donors (Lipinski definition) is 2. The summed E-state index contributed by atoms with van der Waals surface area (Å²) in [5.74, 6) is 0.373. The van der Waals surface area contributed by atoms with Crippen LogP contribution in [0.3, 0.4) is 0 Å². The molecule has 0 fully saturated rings. The van der Waals surface area contributed by atoms with Crippen LogP contribution in [0.2, 0.25) is 0 Å². The van der Waals surface area contributed by atoms with Crippen LogP contribution in [0.25, 0.3) is 0 Å². The van der Waals surface area contributed by atoms with E-state index in [0.717, 1.165) is 0 Å². The van der Waals surface area contributed by atoms with Crippen LogP contribution >= 0.6 is 0 Å². The third-order valence-corrected chi connectivity index (χ3v) is 5.35. The highest BCUT2D eigenvalue weighted by atomic mass is 32.2. The Morgan fingerprint density at radius 1 is 0.920 bits per heavy atom. The minimum absolute atomic E-state index is 0.00115. The summed E-state index contributed by atoms with van der Waals surface area (Å²) in [6, 6.07) is 10.1. The van der Waals surface area contributed by atoms with Crippen molar-refractivity contribution in [1.29, 1.82) is 0 Å². The molecule has 3 N–H and O–H groups in total. The fourth-order valence-corrected chi connectivity index (χ4v) is 3.83. The lowest BCUT2D eigenvalue weighted by Crippen LogP contribution is -2.15. The highest BCUT2D eigenvalue weighted by Gasteiger charge is 2.17. The van der Waals surface area contributed by atoms with Crippen LogP contribution in [0, 0.1) is 0 Å². The summed E-state index contributed by atoms with van der Waals surface area (Å²) in [6.07, 6.45) is 0. The summed E-state index contributed by atoms with van der Waals surface area (Å²) in [4.78, 5) is -0.00115. The van der Waals surface area contributed by atoms with Gasteiger partial charge in [-0.05, 0) is 29.8 Å². The summed E-state index contributed by atoms with van der Waals surface area (Å²) in [7, 11) is -4.63. The Hall–Kier alpha value is -2.30. The maximum absolute atomic E-state index is 12.5. The second kappa shape index (κ2) is 7.30. The van der Waals surface area contributed by atoms with Crippen LogP contribution < -0.4 is 19.3 Å². The lowest BCUT2D eigenvalue weighted by Gasteiger charge is -2.12. The average Bonchev–Trinajstić information content (AvgIpc) is 2.54. The molecule has 2 rings (SSSR count). The van der Waals surface area contributed by atoms with Crippen molar-refractivity contribution < 1.29 is 26.3 Å². The Balaban J connectivity index is 2.24. The lowest BCUT2D eigenvalue weighted by molar-refractivity contribution is 0.354. The molecule has 0 atom stereocenters. The molecular formula is C15H18N2O6S2. The van der Waals surface area contributed by atoms with E-state index in [1.807, 2.05) is 0 Å². The molecule has 0 amide bonds. The Morgan fingerprint density at radius 2 is 1.52 bits per heavy atom. The number of anilines is 1. The van der Waals surface area contributed by atoms with Crippen LogP contribution in [0.15, 0.2) is 47.4 Å². The zero-order valence-electron chi connectivity index (χ0n) is 13.6. The zero-order valence-corrected chi connectivity index (χ0v) is 15.2. The molecule has 0 aromatic heterocycles. The summed E-state index contributed by atoms with van der Waals surface area (Å²) in [5.41, 5.74) is 0.740. The molecule has 0 aliphatic rings. The van der Waals surface area contributed by atoms with Crippen LogP contribution in [-0.2, 0) is 25.8 Å². The molecule has 25 heavy (non-hydrogen) atoms. The maximum Gasteiger partial charge on any atom is 0.262 e. The van der Waals surface area contributed by atoms with Gasteiger partial charge in [-0.1, -0.05) is 12.1 Å². The maximum atomic E-state index is 12.5. The topological polar surface area (TPSA) is 125 Å². The fraction of sp³-hybridized carbons (Fsp3) is 0.200.